The molecule has 0 aliphatic rings. The summed E-state index contributed by atoms with van der Waals surface area (Å²) < 4.78 is 8.98. The van der Waals surface area contributed by atoms with E-state index in [0.717, 1.165) is 0 Å². The van der Waals surface area contributed by atoms with Crippen LogP contribution in [0.1, 0.15) is 0 Å². The van der Waals surface area contributed by atoms with Gasteiger partial charge in [0.15, 0.2) is 0 Å². The van der Waals surface area contributed by atoms with Crippen molar-refractivity contribution in [1.82, 2.24) is 0 Å². The number of hydrogen-bond acceptors (Lipinski definition) is 1. The average molecular weight is 129 g/mol. The fourth-order valence-corrected chi connectivity index (χ4v) is 0. The molecule has 0 bridgehead atoms. The second kappa shape index (κ2) is 8.98. The van der Waals surface area contributed by atoms with Crippen molar-refractivity contribution in [2.24, 2.45) is 0 Å². The van der Waals surface area contributed by atoms with Gasteiger partial charge in [-0.2, -0.15) is 0 Å². The van der Waals surface area contributed by atoms with Crippen molar-refractivity contribution >= 4 is 17.9 Å². The van der Waals surface area contributed by atoms with Crippen LogP contribution in [0.15, 0.2) is 0 Å². The van der Waals surface area contributed by atoms with E-state index >= 15 is 0 Å². The van der Waals surface area contributed by atoms with E-state index in [-0.39, 0.29) is 18.6 Å². The van der Waals surface area contributed by atoms with Gasteiger partial charge in [0, 0.05) is 18.6 Å². The van der Waals surface area contributed by atoms with E-state index in [2.05, 4.69) is 8.79 Å². The molecular weight excluding hydrogens is 126 g/mol. The van der Waals surface area contributed by atoms with Crippen LogP contribution in [0.2, 0.25) is 0 Å². The maximum Gasteiger partial charge on any atom is 0.282 e. The van der Waals surface area contributed by atoms with Crippen molar-refractivity contribution in [1.29, 1.82) is 0 Å². The monoisotopic (exact) mass is 129 g/mol. The first-order valence-electron chi connectivity index (χ1n) is 0.569. The molecule has 0 aliphatic carbocycles. The topological polar surface area (TPSA) is 17.1 Å². The third-order valence-corrected chi connectivity index (χ3v) is 0. The van der Waals surface area contributed by atoms with Crippen molar-refractivity contribution in [3.8, 4) is 0 Å². The van der Waals surface area contributed by atoms with Crippen molar-refractivity contribution in [3.63, 3.8) is 0 Å². The molecule has 0 N–H and O–H groups in total. The molecule has 1 nitrogen and oxygen atoms in total. The Morgan fingerprint density at radius 1 is 1.75 bits per heavy atom. The summed E-state index contributed by atoms with van der Waals surface area (Å²) in [4.78, 5) is 0. The SMILES string of the molecule is O=[SiH]P.[V]. The Labute approximate surface area is 41.4 Å². The number of hydrogen-bond donors (Lipinski definition) is 0. The zero-order chi connectivity index (χ0) is 2.71. The maximum atomic E-state index is 8.98. The van der Waals surface area contributed by atoms with Crippen LogP contribution in [0.3, 0.4) is 0 Å². The predicted octanol–water partition coefficient (Wildman–Crippen LogP) is -0.444. The Kier molecular flexibility index (Phi) is 20.0. The third-order valence-electron chi connectivity index (χ3n) is 0. The first kappa shape index (κ1) is 8.90. The van der Waals surface area contributed by atoms with Crippen LogP contribution in [0.5, 0.6) is 0 Å². The van der Waals surface area contributed by atoms with Gasteiger partial charge in [0.2, 0.25) is 0 Å². The fourth-order valence-electron chi connectivity index (χ4n) is 0. The summed E-state index contributed by atoms with van der Waals surface area (Å²) in [5.74, 6) is 0. The van der Waals surface area contributed by atoms with Gasteiger partial charge in [-0.3, -0.25) is 0 Å². The van der Waals surface area contributed by atoms with Gasteiger partial charge in [0.05, 0.1) is 0 Å². The van der Waals surface area contributed by atoms with Crippen molar-refractivity contribution < 1.29 is 23.0 Å². The first-order valence-corrected chi connectivity index (χ1v) is 3.71. The molecule has 1 unspecified atom stereocenters. The minimum absolute atomic E-state index is 0. The van der Waals surface area contributed by atoms with Gasteiger partial charge >= 0.3 is 0 Å². The average Bonchev–Trinajstić information content (AvgIpc) is 0.918. The zero-order valence-corrected chi connectivity index (χ0v) is 5.72. The summed E-state index contributed by atoms with van der Waals surface area (Å²) >= 11 is 0. The Morgan fingerprint density at radius 2 is 1.75 bits per heavy atom. The van der Waals surface area contributed by atoms with Crippen LogP contribution in [-0.2, 0) is 23.0 Å². The first-order chi connectivity index (χ1) is 1.41. The molecular formula is H3OPSiV. The van der Waals surface area contributed by atoms with E-state index in [1.807, 2.05) is 0 Å². The van der Waals surface area contributed by atoms with Gasteiger partial charge in [0.1, 0.15) is 0 Å². The standard InChI is InChI=1S/H3OPSi.V/c1-3-2;/h3H,2H2;. The summed E-state index contributed by atoms with van der Waals surface area (Å²) in [5, 5.41) is 0. The Hall–Kier alpha value is 1.03. The molecule has 0 heterocycles. The van der Waals surface area contributed by atoms with E-state index < -0.39 is 9.07 Å². The second-order valence-corrected chi connectivity index (χ2v) is 1.22. The minimum atomic E-state index is -0.583. The van der Waals surface area contributed by atoms with E-state index in [1.165, 1.54) is 0 Å². The fraction of sp³-hybridized carbons (Fsp3) is 0. The molecule has 1 radical (unpaired) electrons. The van der Waals surface area contributed by atoms with E-state index in [4.69, 9.17) is 4.46 Å². The molecule has 0 aromatic rings. The summed E-state index contributed by atoms with van der Waals surface area (Å²) in [6, 6.07) is 0. The van der Waals surface area contributed by atoms with E-state index in [1.54, 1.807) is 0 Å². The molecule has 23 valence electrons. The van der Waals surface area contributed by atoms with Gasteiger partial charge in [0.25, 0.3) is 9.07 Å². The molecule has 1 atom stereocenters. The summed E-state index contributed by atoms with van der Waals surface area (Å²) in [5.41, 5.74) is 0. The van der Waals surface area contributed by atoms with Crippen molar-refractivity contribution in [2.75, 3.05) is 0 Å². The normalized spacial score (nSPS) is 3.25. The van der Waals surface area contributed by atoms with Crippen molar-refractivity contribution in [3.05, 3.63) is 0 Å². The van der Waals surface area contributed by atoms with Gasteiger partial charge < -0.3 is 4.46 Å². The van der Waals surface area contributed by atoms with Crippen molar-refractivity contribution in [2.45, 2.75) is 0 Å². The van der Waals surface area contributed by atoms with Crippen LogP contribution < -0.4 is 0 Å². The maximum absolute atomic E-state index is 8.98. The van der Waals surface area contributed by atoms with Gasteiger partial charge in [-0.25, -0.2) is 0 Å². The smallest absolute Gasteiger partial charge is 0.282 e. The molecule has 0 aromatic heterocycles. The molecule has 0 fully saturated rings. The minimum Gasteiger partial charge on any atom is -0.387 e. The quantitative estimate of drug-likeness (QED) is 0.320. The number of rotatable bonds is 0. The summed E-state index contributed by atoms with van der Waals surface area (Å²) in [6.45, 7) is 0. The summed E-state index contributed by atoms with van der Waals surface area (Å²) in [6.07, 6.45) is 0. The van der Waals surface area contributed by atoms with Crippen LogP contribution in [0, 0.1) is 0 Å². The second-order valence-electron chi connectivity index (χ2n) is 0.136. The van der Waals surface area contributed by atoms with E-state index in [9.17, 15) is 0 Å². The Balaban J connectivity index is 0. The Bertz CT molecular complexity index is 15.5. The predicted molar refractivity (Wildman–Crippen MR) is 17.5 cm³/mol. The molecule has 0 aromatic carbocycles. The molecule has 0 saturated heterocycles. The van der Waals surface area contributed by atoms with Crippen LogP contribution in [0.25, 0.3) is 0 Å². The van der Waals surface area contributed by atoms with E-state index in [0.29, 0.717) is 0 Å². The largest absolute Gasteiger partial charge is 0.387 e. The van der Waals surface area contributed by atoms with Gasteiger partial charge in [-0.05, 0) is 0 Å². The van der Waals surface area contributed by atoms with Crippen LogP contribution >= 0.6 is 8.79 Å². The molecule has 4 heavy (non-hydrogen) atoms. The van der Waals surface area contributed by atoms with Crippen LogP contribution in [0.4, 0.5) is 0 Å². The molecule has 0 spiro atoms. The van der Waals surface area contributed by atoms with Crippen LogP contribution in [-0.4, -0.2) is 9.07 Å². The van der Waals surface area contributed by atoms with Gasteiger partial charge in [-0.15, -0.1) is 0 Å². The molecule has 0 saturated carbocycles. The third kappa shape index (κ3) is 11.8. The van der Waals surface area contributed by atoms with Gasteiger partial charge in [-0.1, -0.05) is 8.79 Å². The zero-order valence-electron chi connectivity index (χ0n) is 2.01. The summed E-state index contributed by atoms with van der Waals surface area (Å²) in [7, 11) is 1.52. The molecule has 0 amide bonds. The molecule has 0 aliphatic heterocycles. The molecule has 4 heteroatoms. The Morgan fingerprint density at radius 3 is 1.75 bits per heavy atom. The molecule has 0 rings (SSSR count).